The Morgan fingerprint density at radius 3 is 1.77 bits per heavy atom. The third kappa shape index (κ3) is 4.82. The van der Waals surface area contributed by atoms with Gasteiger partial charge in [0, 0.05) is 39.1 Å². The minimum absolute atomic E-state index is 1.09. The fourth-order valence-corrected chi connectivity index (χ4v) is 7.41. The van der Waals surface area contributed by atoms with Crippen molar-refractivity contribution in [2.24, 2.45) is 0 Å². The average Bonchev–Trinajstić information content (AvgIpc) is 3.51. The summed E-state index contributed by atoms with van der Waals surface area (Å²) in [5, 5.41) is 2.60. The number of hydrogen-bond donors (Lipinski definition) is 0. The van der Waals surface area contributed by atoms with E-state index in [-0.39, 0.29) is 0 Å². The van der Waals surface area contributed by atoms with Crippen LogP contribution < -0.4 is 4.90 Å². The number of hydrogen-bond acceptors (Lipinski definition) is 1. The second-order valence-corrected chi connectivity index (χ2v) is 12.5. The highest BCUT2D eigenvalue weighted by atomic mass is 15.1. The molecule has 2 nitrogen and oxygen atoms in total. The van der Waals surface area contributed by atoms with E-state index in [1.807, 2.05) is 0 Å². The van der Waals surface area contributed by atoms with E-state index in [2.05, 4.69) is 191 Å². The second-order valence-electron chi connectivity index (χ2n) is 12.5. The molecule has 1 aliphatic carbocycles. The Hall–Kier alpha value is -6.12. The smallest absolute Gasteiger partial charge is 0.0616 e. The number of anilines is 3. The van der Waals surface area contributed by atoms with E-state index in [0.717, 1.165) is 29.9 Å². The molecule has 0 spiro atoms. The predicted molar refractivity (Wildman–Crippen MR) is 204 cm³/mol. The van der Waals surface area contributed by atoms with Gasteiger partial charge >= 0.3 is 0 Å². The Morgan fingerprint density at radius 2 is 1.04 bits per heavy atom. The van der Waals surface area contributed by atoms with Crippen LogP contribution in [0.1, 0.15) is 17.5 Å². The summed E-state index contributed by atoms with van der Waals surface area (Å²) in [4.78, 5) is 2.34. The molecule has 0 saturated heterocycles. The van der Waals surface area contributed by atoms with E-state index < -0.39 is 0 Å². The summed E-state index contributed by atoms with van der Waals surface area (Å²) >= 11 is 0. The van der Waals surface area contributed by atoms with Gasteiger partial charge in [-0.2, -0.15) is 0 Å². The van der Waals surface area contributed by atoms with Gasteiger partial charge in [-0.1, -0.05) is 127 Å². The van der Waals surface area contributed by atoms with Gasteiger partial charge in [-0.05, 0) is 95.3 Å². The maximum absolute atomic E-state index is 2.45. The normalized spacial score (nSPS) is 12.3. The van der Waals surface area contributed by atoms with Crippen LogP contribution >= 0.6 is 0 Å². The highest BCUT2D eigenvalue weighted by molar-refractivity contribution is 6.12. The standard InChI is InChI=1S/C46H34N2/c1-3-13-33(14-4-1)40-18-9-10-19-41(40)35-23-26-37(27-24-35)47(36-16-5-2-6-17-36)38-28-30-39(31-29-38)48-45-22-12-11-21-43(45)44-32-25-34-15-7-8-20-42(34)46(44)48/h1-6,8-14,16-32H,7,15H2. The summed E-state index contributed by atoms with van der Waals surface area (Å²) in [6.07, 6.45) is 6.83. The molecule has 8 aromatic rings. The zero-order valence-electron chi connectivity index (χ0n) is 26.6. The summed E-state index contributed by atoms with van der Waals surface area (Å²) in [6, 6.07) is 61.4. The van der Waals surface area contributed by atoms with Gasteiger partial charge in [0.15, 0.2) is 0 Å². The average molecular weight is 615 g/mol. The Kier molecular flexibility index (Phi) is 6.98. The van der Waals surface area contributed by atoms with Crippen LogP contribution in [0.5, 0.6) is 0 Å². The summed E-state index contributed by atoms with van der Waals surface area (Å²) in [7, 11) is 0. The number of fused-ring (bicyclic) bond motifs is 5. The minimum Gasteiger partial charge on any atom is -0.311 e. The van der Waals surface area contributed by atoms with Crippen LogP contribution in [0.3, 0.4) is 0 Å². The number of benzene rings is 7. The maximum Gasteiger partial charge on any atom is 0.0616 e. The molecular weight excluding hydrogens is 581 g/mol. The number of aryl methyl sites for hydroxylation is 1. The van der Waals surface area contributed by atoms with Crippen molar-refractivity contribution in [3.63, 3.8) is 0 Å². The van der Waals surface area contributed by atoms with Crippen LogP contribution in [-0.4, -0.2) is 4.57 Å². The van der Waals surface area contributed by atoms with Crippen LogP contribution in [-0.2, 0) is 6.42 Å². The maximum atomic E-state index is 2.45. The van der Waals surface area contributed by atoms with Crippen LogP contribution in [0.4, 0.5) is 17.1 Å². The Balaban J connectivity index is 1.14. The molecule has 2 heteroatoms. The second kappa shape index (κ2) is 11.9. The molecule has 1 aliphatic rings. The van der Waals surface area contributed by atoms with Crippen LogP contribution in [0.25, 0.3) is 55.8 Å². The summed E-state index contributed by atoms with van der Waals surface area (Å²) in [5.74, 6) is 0. The lowest BCUT2D eigenvalue weighted by molar-refractivity contribution is 0.986. The van der Waals surface area contributed by atoms with Gasteiger partial charge in [-0.25, -0.2) is 0 Å². The third-order valence-electron chi connectivity index (χ3n) is 9.66. The lowest BCUT2D eigenvalue weighted by Gasteiger charge is -2.26. The molecule has 7 aromatic carbocycles. The zero-order chi connectivity index (χ0) is 31.9. The van der Waals surface area contributed by atoms with Crippen molar-refractivity contribution in [2.45, 2.75) is 12.8 Å². The quantitative estimate of drug-likeness (QED) is 0.181. The molecule has 0 fully saturated rings. The fraction of sp³-hybridized carbons (Fsp3) is 0.0435. The van der Waals surface area contributed by atoms with Gasteiger partial charge in [-0.15, -0.1) is 0 Å². The molecule has 0 saturated carbocycles. The van der Waals surface area contributed by atoms with Crippen LogP contribution in [0.15, 0.2) is 176 Å². The van der Waals surface area contributed by atoms with Gasteiger partial charge < -0.3 is 9.47 Å². The molecule has 48 heavy (non-hydrogen) atoms. The van der Waals surface area contributed by atoms with Crippen molar-refractivity contribution in [3.05, 3.63) is 187 Å². The van der Waals surface area contributed by atoms with Gasteiger partial charge in [0.1, 0.15) is 0 Å². The highest BCUT2D eigenvalue weighted by Crippen LogP contribution is 2.40. The number of para-hydroxylation sites is 2. The number of allylic oxidation sites excluding steroid dienone is 1. The van der Waals surface area contributed by atoms with E-state index in [9.17, 15) is 0 Å². The van der Waals surface area contributed by atoms with Crippen LogP contribution in [0.2, 0.25) is 0 Å². The summed E-state index contributed by atoms with van der Waals surface area (Å²) in [5.41, 5.74) is 14.7. The van der Waals surface area contributed by atoms with Crippen molar-refractivity contribution >= 4 is 44.9 Å². The molecule has 9 rings (SSSR count). The number of rotatable bonds is 6. The highest BCUT2D eigenvalue weighted by Gasteiger charge is 2.19. The first-order chi connectivity index (χ1) is 23.8. The molecular formula is C46H34N2. The van der Waals surface area contributed by atoms with Gasteiger partial charge in [0.2, 0.25) is 0 Å². The molecule has 0 unspecified atom stereocenters. The van der Waals surface area contributed by atoms with E-state index in [4.69, 9.17) is 0 Å². The first kappa shape index (κ1) is 28.1. The Bertz CT molecular complexity index is 2420. The molecule has 1 heterocycles. The summed E-state index contributed by atoms with van der Waals surface area (Å²) in [6.45, 7) is 0. The molecule has 0 atom stereocenters. The molecule has 228 valence electrons. The van der Waals surface area contributed by atoms with Crippen molar-refractivity contribution in [3.8, 4) is 27.9 Å². The molecule has 0 aliphatic heterocycles. The summed E-state index contributed by atoms with van der Waals surface area (Å²) < 4.78 is 2.45. The van der Waals surface area contributed by atoms with Crippen LogP contribution in [0, 0.1) is 0 Å². The van der Waals surface area contributed by atoms with Crippen molar-refractivity contribution in [2.75, 3.05) is 4.90 Å². The Labute approximate surface area is 281 Å². The molecule has 0 N–H and O–H groups in total. The SMILES string of the molecule is C1=Cc2c(ccc3c4ccccc4n(-c4ccc(N(c5ccccc5)c5ccc(-c6ccccc6-c6ccccc6)cc5)cc4)c23)CC1. The molecule has 0 amide bonds. The zero-order valence-corrected chi connectivity index (χ0v) is 26.6. The van der Waals surface area contributed by atoms with E-state index in [1.165, 1.54) is 60.9 Å². The topological polar surface area (TPSA) is 8.17 Å². The number of aromatic nitrogens is 1. The monoisotopic (exact) mass is 614 g/mol. The molecule has 0 radical (unpaired) electrons. The van der Waals surface area contributed by atoms with Crippen molar-refractivity contribution in [1.82, 2.24) is 4.57 Å². The fourth-order valence-electron chi connectivity index (χ4n) is 7.41. The molecule has 1 aromatic heterocycles. The molecule has 0 bridgehead atoms. The van der Waals surface area contributed by atoms with Gasteiger partial charge in [-0.3, -0.25) is 0 Å². The van der Waals surface area contributed by atoms with E-state index in [0.29, 0.717) is 0 Å². The first-order valence-corrected chi connectivity index (χ1v) is 16.8. The lowest BCUT2D eigenvalue weighted by atomic mass is 9.94. The predicted octanol–water partition coefficient (Wildman–Crippen LogP) is 12.5. The minimum atomic E-state index is 1.09. The third-order valence-corrected chi connectivity index (χ3v) is 9.66. The van der Waals surface area contributed by atoms with Crippen molar-refractivity contribution in [1.29, 1.82) is 0 Å². The first-order valence-electron chi connectivity index (χ1n) is 16.8. The van der Waals surface area contributed by atoms with Crippen molar-refractivity contribution < 1.29 is 0 Å². The largest absolute Gasteiger partial charge is 0.311 e. The van der Waals surface area contributed by atoms with Gasteiger partial charge in [0.05, 0.1) is 11.0 Å². The Morgan fingerprint density at radius 1 is 0.458 bits per heavy atom. The van der Waals surface area contributed by atoms with Gasteiger partial charge in [0.25, 0.3) is 0 Å². The van der Waals surface area contributed by atoms with E-state index in [1.54, 1.807) is 0 Å². The number of nitrogens with zero attached hydrogens (tertiary/aromatic N) is 2. The van der Waals surface area contributed by atoms with E-state index >= 15 is 0 Å². The lowest BCUT2D eigenvalue weighted by Crippen LogP contribution is -2.10.